The molecule has 0 aromatic carbocycles. The Morgan fingerprint density at radius 3 is 2.65 bits per heavy atom. The lowest BCUT2D eigenvalue weighted by Crippen LogP contribution is -2.12. The summed E-state index contributed by atoms with van der Waals surface area (Å²) in [5.74, 6) is 0.0985. The van der Waals surface area contributed by atoms with E-state index >= 15 is 0 Å². The molecular formula is C8H7ClN4O2S2. The number of hydrogen-bond donors (Lipinski definition) is 2. The Morgan fingerprint density at radius 2 is 2.12 bits per heavy atom. The molecule has 6 nitrogen and oxygen atoms in total. The molecule has 0 spiro atoms. The molecule has 0 saturated carbocycles. The van der Waals surface area contributed by atoms with Gasteiger partial charge in [-0.3, -0.25) is 4.72 Å². The molecule has 2 heterocycles. The fourth-order valence-corrected chi connectivity index (χ4v) is 3.21. The molecule has 0 aliphatic heterocycles. The topological polar surface area (TPSA) is 98.0 Å². The van der Waals surface area contributed by atoms with Gasteiger partial charge in [-0.05, 0) is 18.2 Å². The van der Waals surface area contributed by atoms with Crippen LogP contribution in [-0.4, -0.2) is 18.6 Å². The predicted octanol–water partition coefficient (Wildman–Crippen LogP) is 1.57. The van der Waals surface area contributed by atoms with Crippen molar-refractivity contribution in [2.45, 2.75) is 4.21 Å². The van der Waals surface area contributed by atoms with Crippen molar-refractivity contribution >= 4 is 44.5 Å². The van der Waals surface area contributed by atoms with E-state index < -0.39 is 10.0 Å². The summed E-state index contributed by atoms with van der Waals surface area (Å²) in [6.07, 6.45) is 0. The highest BCUT2D eigenvalue weighted by Gasteiger charge is 2.17. The molecule has 0 aliphatic carbocycles. The largest absolute Gasteiger partial charge is 0.398 e. The summed E-state index contributed by atoms with van der Waals surface area (Å²) in [6.45, 7) is 0. The Hall–Kier alpha value is -1.38. The number of nitrogens with zero attached hydrogens (tertiary/aromatic N) is 2. The number of nitrogens with one attached hydrogen (secondary N) is 1. The summed E-state index contributed by atoms with van der Waals surface area (Å²) < 4.78 is 26.1. The van der Waals surface area contributed by atoms with Crippen LogP contribution in [0.4, 0.5) is 11.5 Å². The van der Waals surface area contributed by atoms with Crippen molar-refractivity contribution < 1.29 is 8.42 Å². The van der Waals surface area contributed by atoms with Crippen molar-refractivity contribution in [3.63, 3.8) is 0 Å². The van der Waals surface area contributed by atoms with Gasteiger partial charge < -0.3 is 5.73 Å². The number of sulfonamides is 1. The third-order valence-corrected chi connectivity index (χ3v) is 4.75. The van der Waals surface area contributed by atoms with Gasteiger partial charge in [0, 0.05) is 11.1 Å². The van der Waals surface area contributed by atoms with E-state index in [1.54, 1.807) is 5.38 Å². The third kappa shape index (κ3) is 2.84. The van der Waals surface area contributed by atoms with Crippen molar-refractivity contribution in [2.24, 2.45) is 0 Å². The molecule has 0 saturated heterocycles. The summed E-state index contributed by atoms with van der Waals surface area (Å²) in [5.41, 5.74) is 5.86. The van der Waals surface area contributed by atoms with Crippen molar-refractivity contribution in [1.29, 1.82) is 0 Å². The Bertz CT molecular complexity index is 623. The van der Waals surface area contributed by atoms with Crippen LogP contribution in [0.25, 0.3) is 0 Å². The molecule has 0 amide bonds. The summed E-state index contributed by atoms with van der Waals surface area (Å²) in [4.78, 5) is 0. The molecule has 0 fully saturated rings. The first-order chi connectivity index (χ1) is 7.97. The summed E-state index contributed by atoms with van der Waals surface area (Å²) >= 11 is 6.57. The molecular weight excluding hydrogens is 284 g/mol. The van der Waals surface area contributed by atoms with Crippen LogP contribution in [0.3, 0.4) is 0 Å². The van der Waals surface area contributed by atoms with E-state index in [-0.39, 0.29) is 15.2 Å². The maximum absolute atomic E-state index is 11.8. The van der Waals surface area contributed by atoms with Gasteiger partial charge in [-0.1, -0.05) is 11.6 Å². The first-order valence-corrected chi connectivity index (χ1v) is 7.07. The SMILES string of the molecule is Nc1csc(S(=O)(=O)Nc2ccc(Cl)nn2)c1. The minimum Gasteiger partial charge on any atom is -0.398 e. The van der Waals surface area contributed by atoms with Gasteiger partial charge in [0.25, 0.3) is 10.0 Å². The van der Waals surface area contributed by atoms with Crippen molar-refractivity contribution in [2.75, 3.05) is 10.5 Å². The van der Waals surface area contributed by atoms with Crippen LogP contribution in [0.15, 0.2) is 27.8 Å². The number of halogens is 1. The second kappa shape index (κ2) is 4.47. The lowest BCUT2D eigenvalue weighted by atomic mass is 10.5. The number of hydrogen-bond acceptors (Lipinski definition) is 6. The highest BCUT2D eigenvalue weighted by molar-refractivity contribution is 7.94. The minimum absolute atomic E-state index is 0.0985. The molecule has 2 aromatic heterocycles. The maximum Gasteiger partial charge on any atom is 0.272 e. The molecule has 0 aliphatic rings. The standard InChI is InChI=1S/C8H7ClN4O2S2/c9-6-1-2-7(12-11-6)13-17(14,15)8-3-5(10)4-16-8/h1-4H,10H2,(H,12,13). The Morgan fingerprint density at radius 1 is 1.35 bits per heavy atom. The number of nitrogen functional groups attached to an aromatic ring is 1. The molecule has 2 aromatic rings. The van der Waals surface area contributed by atoms with E-state index in [4.69, 9.17) is 17.3 Å². The fourth-order valence-electron chi connectivity index (χ4n) is 1.03. The van der Waals surface area contributed by atoms with Crippen molar-refractivity contribution in [1.82, 2.24) is 10.2 Å². The van der Waals surface area contributed by atoms with Gasteiger partial charge in [0.2, 0.25) is 0 Å². The van der Waals surface area contributed by atoms with Gasteiger partial charge in [0.1, 0.15) is 4.21 Å². The molecule has 9 heteroatoms. The summed E-state index contributed by atoms with van der Waals surface area (Å²) in [5, 5.41) is 8.86. The highest BCUT2D eigenvalue weighted by atomic mass is 35.5. The van der Waals surface area contributed by atoms with E-state index in [1.165, 1.54) is 18.2 Å². The van der Waals surface area contributed by atoms with Gasteiger partial charge in [-0.25, -0.2) is 8.42 Å². The maximum atomic E-state index is 11.8. The van der Waals surface area contributed by atoms with Crippen LogP contribution in [0.1, 0.15) is 0 Å². The third-order valence-electron chi connectivity index (χ3n) is 1.73. The second-order valence-electron chi connectivity index (χ2n) is 3.05. The predicted molar refractivity (Wildman–Crippen MR) is 66.6 cm³/mol. The minimum atomic E-state index is -3.66. The van der Waals surface area contributed by atoms with Crippen LogP contribution in [0.2, 0.25) is 5.15 Å². The molecule has 90 valence electrons. The van der Waals surface area contributed by atoms with Crippen LogP contribution >= 0.6 is 22.9 Å². The van der Waals surface area contributed by atoms with Crippen LogP contribution < -0.4 is 10.5 Å². The average Bonchev–Trinajstić information content (AvgIpc) is 2.69. The van der Waals surface area contributed by atoms with Crippen molar-refractivity contribution in [3.05, 3.63) is 28.7 Å². The number of rotatable bonds is 3. The zero-order valence-corrected chi connectivity index (χ0v) is 10.7. The lowest BCUT2D eigenvalue weighted by Gasteiger charge is -2.03. The van der Waals surface area contributed by atoms with E-state index in [9.17, 15) is 8.42 Å². The van der Waals surface area contributed by atoms with E-state index in [1.807, 2.05) is 0 Å². The van der Waals surface area contributed by atoms with E-state index in [0.717, 1.165) is 11.3 Å². The number of thiophene rings is 1. The Kier molecular flexibility index (Phi) is 3.18. The zero-order valence-electron chi connectivity index (χ0n) is 8.29. The van der Waals surface area contributed by atoms with Gasteiger partial charge in [-0.2, -0.15) is 0 Å². The summed E-state index contributed by atoms with van der Waals surface area (Å²) in [6, 6.07) is 4.23. The molecule has 0 bridgehead atoms. The number of anilines is 2. The number of aromatic nitrogens is 2. The quantitative estimate of drug-likeness (QED) is 0.894. The second-order valence-corrected chi connectivity index (χ2v) is 6.25. The van der Waals surface area contributed by atoms with Gasteiger partial charge in [0.05, 0.1) is 0 Å². The average molecular weight is 291 g/mol. The molecule has 0 atom stereocenters. The number of nitrogens with two attached hydrogens (primary N) is 1. The molecule has 0 unspecified atom stereocenters. The smallest absolute Gasteiger partial charge is 0.272 e. The molecule has 0 radical (unpaired) electrons. The highest BCUT2D eigenvalue weighted by Crippen LogP contribution is 2.23. The van der Waals surface area contributed by atoms with Crippen LogP contribution in [-0.2, 0) is 10.0 Å². The monoisotopic (exact) mass is 290 g/mol. The first kappa shape index (κ1) is 12.1. The van der Waals surface area contributed by atoms with Gasteiger partial charge >= 0.3 is 0 Å². The van der Waals surface area contributed by atoms with Gasteiger partial charge in [0.15, 0.2) is 11.0 Å². The zero-order chi connectivity index (χ0) is 12.5. The van der Waals surface area contributed by atoms with Gasteiger partial charge in [-0.15, -0.1) is 21.5 Å². The lowest BCUT2D eigenvalue weighted by molar-refractivity contribution is 0.603. The Labute approximate surface area is 106 Å². The molecule has 2 rings (SSSR count). The summed E-state index contributed by atoms with van der Waals surface area (Å²) in [7, 11) is -3.66. The van der Waals surface area contributed by atoms with Crippen LogP contribution in [0.5, 0.6) is 0 Å². The fraction of sp³-hybridized carbons (Fsp3) is 0. The molecule has 3 N–H and O–H groups in total. The molecule has 17 heavy (non-hydrogen) atoms. The van der Waals surface area contributed by atoms with E-state index in [0.29, 0.717) is 5.69 Å². The normalized spacial score (nSPS) is 11.4. The van der Waals surface area contributed by atoms with Crippen molar-refractivity contribution in [3.8, 4) is 0 Å². The first-order valence-electron chi connectivity index (χ1n) is 4.33. The van der Waals surface area contributed by atoms with Crippen LogP contribution in [0, 0.1) is 0 Å². The van der Waals surface area contributed by atoms with E-state index in [2.05, 4.69) is 14.9 Å². The Balaban J connectivity index is 2.26.